The number of benzene rings is 4. The molecular formula is C28H19F2N3O2. The minimum atomic E-state index is -0.623. The average molecular weight is 467 g/mol. The zero-order valence-electron chi connectivity index (χ0n) is 18.3. The van der Waals surface area contributed by atoms with Crippen molar-refractivity contribution in [3.8, 4) is 11.1 Å². The van der Waals surface area contributed by atoms with Crippen LogP contribution in [0.25, 0.3) is 11.1 Å². The van der Waals surface area contributed by atoms with E-state index in [9.17, 15) is 13.6 Å². The maximum absolute atomic E-state index is 14.4. The second-order valence-electron chi connectivity index (χ2n) is 8.66. The van der Waals surface area contributed by atoms with E-state index in [2.05, 4.69) is 5.32 Å². The molecule has 0 aliphatic carbocycles. The molecular weight excluding hydrogens is 448 g/mol. The number of halogens is 2. The molecule has 7 heteroatoms. The van der Waals surface area contributed by atoms with E-state index in [1.54, 1.807) is 30.3 Å². The van der Waals surface area contributed by atoms with Gasteiger partial charge in [-0.05, 0) is 70.3 Å². The van der Waals surface area contributed by atoms with Gasteiger partial charge in [0.05, 0.1) is 0 Å². The number of amides is 1. The van der Waals surface area contributed by atoms with Crippen molar-refractivity contribution in [2.75, 3.05) is 5.32 Å². The second kappa shape index (κ2) is 7.85. The highest BCUT2D eigenvalue weighted by Crippen LogP contribution is 2.54. The number of anilines is 1. The van der Waals surface area contributed by atoms with Crippen molar-refractivity contribution in [1.29, 1.82) is 5.41 Å². The summed E-state index contributed by atoms with van der Waals surface area (Å²) in [5.41, 5.74) is 11.8. The van der Waals surface area contributed by atoms with E-state index in [-0.39, 0.29) is 24.0 Å². The number of hydrogen-bond acceptors (Lipinski definition) is 3. The number of amidine groups is 1. The Labute approximate surface area is 199 Å². The Hall–Kier alpha value is -4.36. The molecule has 172 valence electrons. The lowest BCUT2D eigenvalue weighted by molar-refractivity contribution is 0.0857. The number of fused-ring (bicyclic) bond motifs is 8. The van der Waals surface area contributed by atoms with Gasteiger partial charge in [0.2, 0.25) is 0 Å². The summed E-state index contributed by atoms with van der Waals surface area (Å²) in [6.07, 6.45) is -0.622. The number of hydrogen-bond donors (Lipinski definition) is 3. The van der Waals surface area contributed by atoms with E-state index in [0.717, 1.165) is 28.3 Å². The maximum Gasteiger partial charge on any atom is 0.255 e. The van der Waals surface area contributed by atoms with E-state index in [1.807, 2.05) is 30.3 Å². The van der Waals surface area contributed by atoms with Crippen molar-refractivity contribution in [1.82, 2.24) is 0 Å². The van der Waals surface area contributed by atoms with Crippen molar-refractivity contribution in [3.63, 3.8) is 0 Å². The molecule has 4 aromatic carbocycles. The number of carbonyl (C=O) groups is 1. The molecule has 2 aliphatic rings. The molecule has 2 aliphatic heterocycles. The first kappa shape index (κ1) is 21.2. The van der Waals surface area contributed by atoms with Crippen molar-refractivity contribution in [3.05, 3.63) is 124 Å². The zero-order chi connectivity index (χ0) is 24.3. The molecule has 0 aromatic heterocycles. The van der Waals surface area contributed by atoms with Gasteiger partial charge in [0.25, 0.3) is 5.91 Å². The fraction of sp³-hybridized carbons (Fsp3) is 0.0714. The summed E-state index contributed by atoms with van der Waals surface area (Å²) in [5, 5.41) is 10.4. The highest BCUT2D eigenvalue weighted by Gasteiger charge is 2.43. The van der Waals surface area contributed by atoms with Gasteiger partial charge in [0, 0.05) is 28.4 Å². The molecule has 4 aromatic rings. The van der Waals surface area contributed by atoms with Gasteiger partial charge in [-0.15, -0.1) is 0 Å². The van der Waals surface area contributed by atoms with Crippen molar-refractivity contribution >= 4 is 17.4 Å². The lowest BCUT2D eigenvalue weighted by Gasteiger charge is -2.18. The van der Waals surface area contributed by atoms with Gasteiger partial charge >= 0.3 is 0 Å². The third-order valence-electron chi connectivity index (χ3n) is 6.51. The molecule has 0 fully saturated rings. The predicted octanol–water partition coefficient (Wildman–Crippen LogP) is 5.69. The molecule has 0 radical (unpaired) electrons. The Balaban J connectivity index is 1.31. The van der Waals surface area contributed by atoms with Crippen molar-refractivity contribution in [2.45, 2.75) is 12.2 Å². The maximum atomic E-state index is 14.4. The summed E-state index contributed by atoms with van der Waals surface area (Å²) < 4.78 is 34.0. The molecule has 6 rings (SSSR count). The van der Waals surface area contributed by atoms with Crippen LogP contribution >= 0.6 is 0 Å². The highest BCUT2D eigenvalue weighted by atomic mass is 19.1. The van der Waals surface area contributed by atoms with Gasteiger partial charge in [0.15, 0.2) is 0 Å². The lowest BCUT2D eigenvalue weighted by Crippen LogP contribution is -2.15. The van der Waals surface area contributed by atoms with Crippen LogP contribution < -0.4 is 11.1 Å². The van der Waals surface area contributed by atoms with E-state index in [4.69, 9.17) is 15.9 Å². The number of nitrogen functional groups attached to an aromatic ring is 1. The first-order valence-electron chi connectivity index (χ1n) is 11.0. The van der Waals surface area contributed by atoms with E-state index >= 15 is 0 Å². The van der Waals surface area contributed by atoms with Gasteiger partial charge in [-0.1, -0.05) is 30.3 Å². The van der Waals surface area contributed by atoms with Crippen molar-refractivity contribution in [2.24, 2.45) is 5.73 Å². The summed E-state index contributed by atoms with van der Waals surface area (Å²) >= 11 is 0. The predicted molar refractivity (Wildman–Crippen MR) is 128 cm³/mol. The number of nitrogens with two attached hydrogens (primary N) is 1. The summed E-state index contributed by atoms with van der Waals surface area (Å²) in [4.78, 5) is 12.9. The monoisotopic (exact) mass is 467 g/mol. The molecule has 1 amide bonds. The molecule has 2 bridgehead atoms. The summed E-state index contributed by atoms with van der Waals surface area (Å²) in [6.45, 7) is 0. The van der Waals surface area contributed by atoms with Crippen molar-refractivity contribution < 1.29 is 18.3 Å². The molecule has 0 unspecified atom stereocenters. The van der Waals surface area contributed by atoms with Gasteiger partial charge < -0.3 is 15.8 Å². The number of ether oxygens (including phenoxy) is 1. The van der Waals surface area contributed by atoms with Crippen LogP contribution in [0.2, 0.25) is 0 Å². The Morgan fingerprint density at radius 3 is 2.34 bits per heavy atom. The molecule has 5 nitrogen and oxygen atoms in total. The van der Waals surface area contributed by atoms with Crippen LogP contribution in [0.4, 0.5) is 14.5 Å². The Kier molecular flexibility index (Phi) is 4.76. The summed E-state index contributed by atoms with van der Waals surface area (Å²) in [5.74, 6) is -1.62. The van der Waals surface area contributed by atoms with Gasteiger partial charge in [-0.25, -0.2) is 8.78 Å². The number of carbonyl (C=O) groups excluding carboxylic acids is 1. The highest BCUT2D eigenvalue weighted by molar-refractivity contribution is 6.05. The standard InChI is InChI=1S/C28H19F2N3O2/c29-17-6-9-19(24(30)13-17)14-4-7-20-22(11-14)26-23-12-16(5-8-21(23)25(20)35-26)28(34)33-18-3-1-2-15(10-18)27(31)32/h1-13,25-26H,(H3,31,32)(H,33,34)/t25-,26+/m0/s1. The largest absolute Gasteiger partial charge is 0.384 e. The lowest BCUT2D eigenvalue weighted by atomic mass is 9.83. The first-order chi connectivity index (χ1) is 16.9. The topological polar surface area (TPSA) is 88.2 Å². The van der Waals surface area contributed by atoms with Crippen LogP contribution in [-0.4, -0.2) is 11.7 Å². The molecule has 35 heavy (non-hydrogen) atoms. The number of nitrogens with one attached hydrogen (secondary N) is 2. The smallest absolute Gasteiger partial charge is 0.255 e. The fourth-order valence-electron chi connectivity index (χ4n) is 4.85. The second-order valence-corrected chi connectivity index (χ2v) is 8.66. The van der Waals surface area contributed by atoms with E-state index in [1.165, 1.54) is 12.1 Å². The summed E-state index contributed by atoms with van der Waals surface area (Å²) in [7, 11) is 0. The normalized spacial score (nSPS) is 17.1. The zero-order valence-corrected chi connectivity index (χ0v) is 18.3. The van der Waals surface area contributed by atoms with Crippen LogP contribution in [-0.2, 0) is 4.74 Å². The Morgan fingerprint density at radius 1 is 0.829 bits per heavy atom. The molecule has 0 saturated carbocycles. The Morgan fingerprint density at radius 2 is 1.57 bits per heavy atom. The van der Waals surface area contributed by atoms with E-state index < -0.39 is 11.6 Å². The molecule has 2 atom stereocenters. The van der Waals surface area contributed by atoms with Crippen LogP contribution in [0.3, 0.4) is 0 Å². The van der Waals surface area contributed by atoms with Crippen LogP contribution in [0.15, 0.2) is 78.9 Å². The van der Waals surface area contributed by atoms with Crippen LogP contribution in [0.1, 0.15) is 50.4 Å². The van der Waals surface area contributed by atoms with Crippen LogP contribution in [0.5, 0.6) is 0 Å². The average Bonchev–Trinajstić information content (AvgIpc) is 3.41. The quantitative estimate of drug-likeness (QED) is 0.266. The SMILES string of the molecule is N=C(N)c1cccc(NC(=O)c2ccc3c(c2)[C@@H]2O[C@H]3c3ccc(-c4ccc(F)cc4F)cc32)c1. The molecule has 0 spiro atoms. The number of rotatable bonds is 4. The third kappa shape index (κ3) is 3.48. The van der Waals surface area contributed by atoms with Gasteiger partial charge in [-0.2, -0.15) is 0 Å². The molecule has 4 N–H and O–H groups in total. The first-order valence-corrected chi connectivity index (χ1v) is 11.0. The van der Waals surface area contributed by atoms with Crippen LogP contribution in [0, 0.1) is 17.0 Å². The Bertz CT molecular complexity index is 1550. The third-order valence-corrected chi connectivity index (χ3v) is 6.51. The molecule has 2 heterocycles. The minimum Gasteiger partial charge on any atom is -0.384 e. The molecule has 0 saturated heterocycles. The van der Waals surface area contributed by atoms with E-state index in [0.29, 0.717) is 27.9 Å². The minimum absolute atomic E-state index is 0.0784. The summed E-state index contributed by atoms with van der Waals surface area (Å²) in [6, 6.07) is 21.4. The fourth-order valence-corrected chi connectivity index (χ4v) is 4.85. The van der Waals surface area contributed by atoms with Gasteiger partial charge in [-0.3, -0.25) is 10.2 Å². The van der Waals surface area contributed by atoms with Gasteiger partial charge in [0.1, 0.15) is 29.7 Å².